The summed E-state index contributed by atoms with van der Waals surface area (Å²) in [5.41, 5.74) is 7.04. The zero-order valence-corrected chi connectivity index (χ0v) is 15.9. The van der Waals surface area contributed by atoms with E-state index in [1.54, 1.807) is 6.33 Å². The summed E-state index contributed by atoms with van der Waals surface area (Å²) in [7, 11) is 0. The third-order valence-corrected chi connectivity index (χ3v) is 5.89. The van der Waals surface area contributed by atoms with Gasteiger partial charge in [-0.2, -0.15) is 0 Å². The topological polar surface area (TPSA) is 56.5 Å². The van der Waals surface area contributed by atoms with Crippen LogP contribution in [0.3, 0.4) is 0 Å². The van der Waals surface area contributed by atoms with Gasteiger partial charge in [-0.05, 0) is 37.0 Å². The van der Waals surface area contributed by atoms with Gasteiger partial charge >= 0.3 is 0 Å². The van der Waals surface area contributed by atoms with Crippen molar-refractivity contribution >= 4 is 22.1 Å². The van der Waals surface area contributed by atoms with E-state index in [0.29, 0.717) is 6.04 Å². The molecule has 29 heavy (non-hydrogen) atoms. The predicted molar refractivity (Wildman–Crippen MR) is 114 cm³/mol. The smallest absolute Gasteiger partial charge is 0.144 e. The second-order valence-corrected chi connectivity index (χ2v) is 7.62. The Morgan fingerprint density at radius 3 is 2.59 bits per heavy atom. The lowest BCUT2D eigenvalue weighted by Crippen LogP contribution is -2.16. The van der Waals surface area contributed by atoms with Crippen LogP contribution >= 0.6 is 0 Å². The van der Waals surface area contributed by atoms with Crippen LogP contribution in [0.25, 0.3) is 44.5 Å². The van der Waals surface area contributed by atoms with Gasteiger partial charge in [-0.15, -0.1) is 0 Å². The molecular weight excluding hydrogens is 358 g/mol. The normalized spacial score (nSPS) is 14.3. The van der Waals surface area contributed by atoms with Gasteiger partial charge in [0.25, 0.3) is 0 Å². The van der Waals surface area contributed by atoms with Gasteiger partial charge in [-0.25, -0.2) is 15.0 Å². The van der Waals surface area contributed by atoms with Crippen LogP contribution in [0.4, 0.5) is 0 Å². The molecule has 5 nitrogen and oxygen atoms in total. The summed E-state index contributed by atoms with van der Waals surface area (Å²) in [4.78, 5) is 18.3. The van der Waals surface area contributed by atoms with Gasteiger partial charge in [0.05, 0.1) is 22.9 Å². The molecule has 0 atom stereocenters. The summed E-state index contributed by atoms with van der Waals surface area (Å²) in [6.45, 7) is 0. The van der Waals surface area contributed by atoms with Crippen LogP contribution in [0.1, 0.15) is 25.3 Å². The zero-order valence-electron chi connectivity index (χ0n) is 15.9. The van der Waals surface area contributed by atoms with E-state index in [4.69, 9.17) is 4.98 Å². The summed E-state index contributed by atoms with van der Waals surface area (Å²) in [5, 5.41) is 1.09. The quantitative estimate of drug-likeness (QED) is 0.420. The molecule has 6 rings (SSSR count). The van der Waals surface area contributed by atoms with E-state index in [2.05, 4.69) is 50.0 Å². The van der Waals surface area contributed by atoms with Gasteiger partial charge in [-0.1, -0.05) is 36.4 Å². The van der Waals surface area contributed by atoms with Crippen molar-refractivity contribution in [3.8, 4) is 22.4 Å². The van der Waals surface area contributed by atoms with Gasteiger partial charge in [-0.3, -0.25) is 4.98 Å². The highest BCUT2D eigenvalue weighted by Crippen LogP contribution is 2.38. The standard InChI is InChI=1S/C24H19N5/c1-2-5-16(6-3-1)23-13-26-21-10-9-17(11-22(21)28-23)20-14-29(18-7-4-8-18)24-19(20)12-25-15-27-24/h1-3,5-6,9-15,18H,4,7-8H2. The Labute approximate surface area is 168 Å². The van der Waals surface area contributed by atoms with E-state index >= 15 is 0 Å². The molecule has 0 spiro atoms. The van der Waals surface area contributed by atoms with Gasteiger partial charge < -0.3 is 4.57 Å². The molecule has 3 heterocycles. The fourth-order valence-corrected chi connectivity index (χ4v) is 4.09. The van der Waals surface area contributed by atoms with Crippen LogP contribution in [-0.2, 0) is 0 Å². The Bertz CT molecular complexity index is 1340. The monoisotopic (exact) mass is 377 g/mol. The van der Waals surface area contributed by atoms with Crippen molar-refractivity contribution in [1.29, 1.82) is 0 Å². The van der Waals surface area contributed by atoms with Gasteiger partial charge in [0.2, 0.25) is 0 Å². The second-order valence-electron chi connectivity index (χ2n) is 7.62. The molecule has 0 N–H and O–H groups in total. The molecule has 3 aromatic heterocycles. The van der Waals surface area contributed by atoms with Crippen LogP contribution in [-0.4, -0.2) is 24.5 Å². The van der Waals surface area contributed by atoms with E-state index in [9.17, 15) is 0 Å². The van der Waals surface area contributed by atoms with Crippen LogP contribution in [0.15, 0.2) is 73.4 Å². The number of aromatic nitrogens is 5. The average molecular weight is 377 g/mol. The third kappa shape index (κ3) is 2.70. The molecule has 5 heteroatoms. The number of benzene rings is 2. The summed E-state index contributed by atoms with van der Waals surface area (Å²) in [5.74, 6) is 0. The van der Waals surface area contributed by atoms with E-state index in [-0.39, 0.29) is 0 Å². The summed E-state index contributed by atoms with van der Waals surface area (Å²) in [6.07, 6.45) is 11.4. The number of rotatable bonds is 3. The number of hydrogen-bond donors (Lipinski definition) is 0. The Hall–Kier alpha value is -3.60. The number of nitrogens with zero attached hydrogens (tertiary/aromatic N) is 5. The van der Waals surface area contributed by atoms with Crippen molar-refractivity contribution in [2.45, 2.75) is 25.3 Å². The second kappa shape index (κ2) is 6.48. The highest BCUT2D eigenvalue weighted by Gasteiger charge is 2.23. The molecule has 1 fully saturated rings. The minimum atomic E-state index is 0.547. The minimum absolute atomic E-state index is 0.547. The highest BCUT2D eigenvalue weighted by molar-refractivity contribution is 5.96. The first kappa shape index (κ1) is 16.4. The molecule has 0 aliphatic heterocycles. The molecular formula is C24H19N5. The predicted octanol–water partition coefficient (Wildman–Crippen LogP) is 5.43. The van der Waals surface area contributed by atoms with Crippen molar-refractivity contribution in [2.75, 3.05) is 0 Å². The Balaban J connectivity index is 1.51. The molecule has 140 valence electrons. The molecule has 1 saturated carbocycles. The zero-order chi connectivity index (χ0) is 19.2. The molecule has 0 unspecified atom stereocenters. The number of hydrogen-bond acceptors (Lipinski definition) is 4. The maximum absolute atomic E-state index is 4.88. The van der Waals surface area contributed by atoms with Crippen LogP contribution in [0.2, 0.25) is 0 Å². The van der Waals surface area contributed by atoms with E-state index in [1.807, 2.05) is 36.7 Å². The fraction of sp³-hybridized carbons (Fsp3) is 0.167. The van der Waals surface area contributed by atoms with Crippen LogP contribution in [0, 0.1) is 0 Å². The summed E-state index contributed by atoms with van der Waals surface area (Å²) in [6, 6.07) is 17.0. The first-order valence-corrected chi connectivity index (χ1v) is 10.00. The van der Waals surface area contributed by atoms with Crippen molar-refractivity contribution in [2.24, 2.45) is 0 Å². The van der Waals surface area contributed by atoms with Gasteiger partial charge in [0.1, 0.15) is 12.0 Å². The van der Waals surface area contributed by atoms with E-state index in [0.717, 1.165) is 44.5 Å². The maximum atomic E-state index is 4.88. The molecule has 1 aliphatic rings. The van der Waals surface area contributed by atoms with Gasteiger partial charge in [0, 0.05) is 34.9 Å². The molecule has 2 aromatic carbocycles. The third-order valence-electron chi connectivity index (χ3n) is 5.89. The molecule has 0 radical (unpaired) electrons. The SMILES string of the molecule is c1ccc(-c2cnc3ccc(-c4cn(C5CCC5)c5ncncc45)cc3n2)cc1. The molecule has 0 saturated heterocycles. The first-order chi connectivity index (χ1) is 14.4. The van der Waals surface area contributed by atoms with Crippen molar-refractivity contribution in [3.05, 3.63) is 73.4 Å². The lowest BCUT2D eigenvalue weighted by atomic mass is 9.93. The van der Waals surface area contributed by atoms with Crippen molar-refractivity contribution in [1.82, 2.24) is 24.5 Å². The van der Waals surface area contributed by atoms with Crippen LogP contribution < -0.4 is 0 Å². The van der Waals surface area contributed by atoms with Crippen molar-refractivity contribution < 1.29 is 0 Å². The highest BCUT2D eigenvalue weighted by atomic mass is 15.1. The fourth-order valence-electron chi connectivity index (χ4n) is 4.09. The summed E-state index contributed by atoms with van der Waals surface area (Å²) < 4.78 is 2.33. The average Bonchev–Trinajstić information content (AvgIpc) is 3.12. The van der Waals surface area contributed by atoms with Crippen molar-refractivity contribution in [3.63, 3.8) is 0 Å². The lowest BCUT2D eigenvalue weighted by Gasteiger charge is -2.27. The Morgan fingerprint density at radius 2 is 1.76 bits per heavy atom. The largest absolute Gasteiger partial charge is 0.329 e. The maximum Gasteiger partial charge on any atom is 0.144 e. The molecule has 0 bridgehead atoms. The molecule has 5 aromatic rings. The van der Waals surface area contributed by atoms with Crippen LogP contribution in [0.5, 0.6) is 0 Å². The Morgan fingerprint density at radius 1 is 0.862 bits per heavy atom. The van der Waals surface area contributed by atoms with E-state index < -0.39 is 0 Å². The van der Waals surface area contributed by atoms with Gasteiger partial charge in [0.15, 0.2) is 0 Å². The minimum Gasteiger partial charge on any atom is -0.329 e. The number of fused-ring (bicyclic) bond motifs is 2. The Kier molecular flexibility index (Phi) is 3.66. The molecule has 1 aliphatic carbocycles. The lowest BCUT2D eigenvalue weighted by molar-refractivity contribution is 0.320. The summed E-state index contributed by atoms with van der Waals surface area (Å²) >= 11 is 0. The van der Waals surface area contributed by atoms with E-state index in [1.165, 1.54) is 19.3 Å². The first-order valence-electron chi connectivity index (χ1n) is 10.00. The molecule has 0 amide bonds.